The van der Waals surface area contributed by atoms with E-state index in [-0.39, 0.29) is 18.4 Å². The van der Waals surface area contributed by atoms with E-state index in [2.05, 4.69) is 45.5 Å². The maximum absolute atomic E-state index is 15.0. The van der Waals surface area contributed by atoms with E-state index in [0.29, 0.717) is 55.3 Å². The summed E-state index contributed by atoms with van der Waals surface area (Å²) in [6, 6.07) is 21.0. The number of benzene rings is 2. The number of hydrogen-bond acceptors (Lipinski definition) is 6. The largest absolute Gasteiger partial charge is 0.372 e. The number of alkyl halides is 1. The van der Waals surface area contributed by atoms with E-state index in [0.717, 1.165) is 37.9 Å². The molecule has 0 bridgehead atoms. The lowest BCUT2D eigenvalue weighted by Gasteiger charge is -2.35. The number of rotatable bonds is 8. The van der Waals surface area contributed by atoms with E-state index in [1.807, 2.05) is 21.9 Å². The number of carbonyl (C=O) groups excluding carboxylic acids is 2. The predicted octanol–water partition coefficient (Wildman–Crippen LogP) is 4.99. The smallest absolute Gasteiger partial charge is 0.272 e. The van der Waals surface area contributed by atoms with Crippen molar-refractivity contribution in [2.45, 2.75) is 57.3 Å². The highest BCUT2D eigenvalue weighted by Gasteiger charge is 2.31. The maximum Gasteiger partial charge on any atom is 0.272 e. The molecule has 3 aromatic rings. The minimum absolute atomic E-state index is 0.117. The summed E-state index contributed by atoms with van der Waals surface area (Å²) >= 11 is 0. The molecule has 0 radical (unpaired) electrons. The van der Waals surface area contributed by atoms with Gasteiger partial charge in [0.2, 0.25) is 0 Å². The molecule has 3 saturated heterocycles. The second kappa shape index (κ2) is 14.2. The molecule has 45 heavy (non-hydrogen) atoms. The van der Waals surface area contributed by atoms with Crippen molar-refractivity contribution in [2.75, 3.05) is 44.2 Å². The van der Waals surface area contributed by atoms with Gasteiger partial charge in [0.25, 0.3) is 11.8 Å². The number of piperidine rings is 2. The molecule has 9 heteroatoms. The zero-order valence-electron chi connectivity index (χ0n) is 25.7. The third-order valence-electron chi connectivity index (χ3n) is 9.51. The van der Waals surface area contributed by atoms with E-state index < -0.39 is 12.2 Å². The zero-order valence-corrected chi connectivity index (χ0v) is 25.7. The molecule has 3 aliphatic heterocycles. The van der Waals surface area contributed by atoms with E-state index in [9.17, 15) is 9.59 Å². The molecule has 0 saturated carbocycles. The molecule has 0 spiro atoms. The minimum atomic E-state index is -1.20. The predicted molar refractivity (Wildman–Crippen MR) is 172 cm³/mol. The second-order valence-corrected chi connectivity index (χ2v) is 12.7. The number of pyridine rings is 1. The first-order valence-electron chi connectivity index (χ1n) is 16.2. The van der Waals surface area contributed by atoms with E-state index >= 15 is 4.39 Å². The molecule has 234 valence electrons. The van der Waals surface area contributed by atoms with E-state index in [4.69, 9.17) is 5.26 Å². The molecule has 6 rings (SSSR count). The van der Waals surface area contributed by atoms with Crippen LogP contribution >= 0.6 is 0 Å². The van der Waals surface area contributed by atoms with E-state index in [1.165, 1.54) is 30.3 Å². The molecule has 2 atom stereocenters. The van der Waals surface area contributed by atoms with Crippen molar-refractivity contribution in [1.29, 1.82) is 5.26 Å². The number of amides is 2. The average molecular weight is 609 g/mol. The molecule has 4 heterocycles. The third kappa shape index (κ3) is 7.69. The van der Waals surface area contributed by atoms with Crippen molar-refractivity contribution in [3.63, 3.8) is 0 Å². The highest BCUT2D eigenvalue weighted by Crippen LogP contribution is 2.26. The van der Waals surface area contributed by atoms with Crippen LogP contribution in [-0.2, 0) is 13.0 Å². The Bertz CT molecular complexity index is 1490. The van der Waals surface area contributed by atoms with Crippen LogP contribution in [0.25, 0.3) is 0 Å². The van der Waals surface area contributed by atoms with Crippen molar-refractivity contribution in [3.8, 4) is 6.07 Å². The van der Waals surface area contributed by atoms with Crippen LogP contribution in [0.2, 0.25) is 0 Å². The van der Waals surface area contributed by atoms with Gasteiger partial charge in [-0.2, -0.15) is 5.26 Å². The van der Waals surface area contributed by atoms with Gasteiger partial charge in [0, 0.05) is 57.7 Å². The van der Waals surface area contributed by atoms with Gasteiger partial charge in [0.15, 0.2) is 0 Å². The van der Waals surface area contributed by atoms with Crippen LogP contribution in [0.3, 0.4) is 0 Å². The number of anilines is 1. The first kappa shape index (κ1) is 30.7. The number of nitrogens with zero attached hydrogens (tertiary/aromatic N) is 5. The number of nitrogens with one attached hydrogen (secondary N) is 1. The summed E-state index contributed by atoms with van der Waals surface area (Å²) < 4.78 is 15.0. The second-order valence-electron chi connectivity index (χ2n) is 12.7. The lowest BCUT2D eigenvalue weighted by molar-refractivity contribution is 0.0683. The third-order valence-corrected chi connectivity index (χ3v) is 9.51. The van der Waals surface area contributed by atoms with Crippen LogP contribution < -0.4 is 10.2 Å². The molecule has 0 aliphatic carbocycles. The molecule has 3 aliphatic rings. The zero-order chi connectivity index (χ0) is 31.2. The normalized spacial score (nSPS) is 21.0. The summed E-state index contributed by atoms with van der Waals surface area (Å²) in [4.78, 5) is 36.7. The standard InChI is InChI=1S/C36H41FN6O2/c37-32-25-41(24-29-5-3-28(22-38)4-6-29)18-15-33(32)40-35(44)30-9-12-34(39-23-30)36(45)43-19-13-27(14-20-43)21-26-7-10-31(11-8-26)42-16-1-2-17-42/h3-12,23,27,32-33H,1-2,13-21,24-25H2,(H,40,44). The van der Waals surface area contributed by atoms with Gasteiger partial charge < -0.3 is 15.1 Å². The molecule has 2 amide bonds. The summed E-state index contributed by atoms with van der Waals surface area (Å²) in [5, 5.41) is 11.8. The Hall–Kier alpha value is -4.29. The van der Waals surface area contributed by atoms with Crippen LogP contribution in [0, 0.1) is 17.2 Å². The number of halogens is 1. The van der Waals surface area contributed by atoms with Crippen LogP contribution in [0.4, 0.5) is 10.1 Å². The van der Waals surface area contributed by atoms with Gasteiger partial charge in [0.1, 0.15) is 11.9 Å². The Kier molecular flexibility index (Phi) is 9.70. The van der Waals surface area contributed by atoms with Gasteiger partial charge in [0.05, 0.1) is 23.2 Å². The van der Waals surface area contributed by atoms with Crippen LogP contribution in [-0.4, -0.2) is 78.1 Å². The van der Waals surface area contributed by atoms with Crippen molar-refractivity contribution in [3.05, 3.63) is 94.8 Å². The Labute approximate surface area is 264 Å². The Morgan fingerprint density at radius 3 is 2.24 bits per heavy atom. The number of nitriles is 1. The highest BCUT2D eigenvalue weighted by atomic mass is 19.1. The van der Waals surface area contributed by atoms with Crippen molar-refractivity contribution < 1.29 is 14.0 Å². The summed E-state index contributed by atoms with van der Waals surface area (Å²) in [5.74, 6) is 0.0469. The monoisotopic (exact) mass is 608 g/mol. The Morgan fingerprint density at radius 2 is 1.60 bits per heavy atom. The number of likely N-dealkylation sites (tertiary alicyclic amines) is 2. The van der Waals surface area contributed by atoms with Gasteiger partial charge >= 0.3 is 0 Å². The lowest BCUT2D eigenvalue weighted by Crippen LogP contribution is -2.52. The Balaban J connectivity index is 0.940. The molecule has 2 aromatic carbocycles. The van der Waals surface area contributed by atoms with Crippen molar-refractivity contribution >= 4 is 17.5 Å². The highest BCUT2D eigenvalue weighted by molar-refractivity contribution is 5.96. The van der Waals surface area contributed by atoms with Crippen molar-refractivity contribution in [2.24, 2.45) is 5.92 Å². The summed E-state index contributed by atoms with van der Waals surface area (Å²) in [7, 11) is 0. The fourth-order valence-corrected chi connectivity index (χ4v) is 6.78. The summed E-state index contributed by atoms with van der Waals surface area (Å²) in [5.41, 5.74) is 4.92. The molecular weight excluding hydrogens is 567 g/mol. The number of aromatic nitrogens is 1. The van der Waals surface area contributed by atoms with Gasteiger partial charge in [-0.1, -0.05) is 24.3 Å². The van der Waals surface area contributed by atoms with Crippen molar-refractivity contribution in [1.82, 2.24) is 20.1 Å². The molecule has 8 nitrogen and oxygen atoms in total. The van der Waals surface area contributed by atoms with E-state index in [1.54, 1.807) is 24.3 Å². The first-order chi connectivity index (χ1) is 21.9. The average Bonchev–Trinajstić information content (AvgIpc) is 3.62. The SMILES string of the molecule is N#Cc1ccc(CN2CCC(NC(=O)c3ccc(C(=O)N4CCC(Cc5ccc(N6CCCC6)cc5)CC4)nc3)C(F)C2)cc1. The first-order valence-corrected chi connectivity index (χ1v) is 16.2. The summed E-state index contributed by atoms with van der Waals surface area (Å²) in [6.07, 6.45) is 6.19. The summed E-state index contributed by atoms with van der Waals surface area (Å²) in [6.45, 7) is 5.16. The maximum atomic E-state index is 15.0. The minimum Gasteiger partial charge on any atom is -0.372 e. The molecule has 2 unspecified atom stereocenters. The van der Waals surface area contributed by atoms with Crippen LogP contribution in [0.1, 0.15) is 69.6 Å². The molecule has 3 fully saturated rings. The molecule has 1 N–H and O–H groups in total. The number of carbonyl (C=O) groups is 2. The fourth-order valence-electron chi connectivity index (χ4n) is 6.78. The lowest BCUT2D eigenvalue weighted by atomic mass is 9.90. The molecular formula is C36H41FN6O2. The van der Waals surface area contributed by atoms with Gasteiger partial charge in [-0.15, -0.1) is 0 Å². The van der Waals surface area contributed by atoms with Gasteiger partial charge in [-0.05, 0) is 92.0 Å². The quantitative estimate of drug-likeness (QED) is 0.388. The fraction of sp³-hybridized carbons (Fsp3) is 0.444. The topological polar surface area (TPSA) is 92.6 Å². The van der Waals surface area contributed by atoms with Gasteiger partial charge in [-0.25, -0.2) is 4.39 Å². The number of hydrogen-bond donors (Lipinski definition) is 1. The molecule has 1 aromatic heterocycles. The van der Waals surface area contributed by atoms with Crippen LogP contribution in [0.5, 0.6) is 0 Å². The van der Waals surface area contributed by atoms with Crippen LogP contribution in [0.15, 0.2) is 66.9 Å². The Morgan fingerprint density at radius 1 is 0.889 bits per heavy atom. The van der Waals surface area contributed by atoms with Gasteiger partial charge in [-0.3, -0.25) is 19.5 Å².